The summed E-state index contributed by atoms with van der Waals surface area (Å²) in [6.07, 6.45) is -0.530. The van der Waals surface area contributed by atoms with Crippen LogP contribution in [0.4, 0.5) is 8.78 Å². The number of halogens is 4. The molecule has 1 unspecified atom stereocenters. The molecule has 1 aromatic rings. The van der Waals surface area contributed by atoms with E-state index < -0.39 is 48.2 Å². The van der Waals surface area contributed by atoms with Gasteiger partial charge in [0.2, 0.25) is 0 Å². The zero-order chi connectivity index (χ0) is 16.5. The molecule has 1 atom stereocenters. The van der Waals surface area contributed by atoms with E-state index in [1.165, 1.54) is 0 Å². The Balaban J connectivity index is 3.40. The van der Waals surface area contributed by atoms with Crippen molar-refractivity contribution in [2.24, 2.45) is 5.92 Å². The number of ether oxygens (including phenoxy) is 1. The van der Waals surface area contributed by atoms with Crippen LogP contribution in [0.3, 0.4) is 0 Å². The molecule has 0 fully saturated rings. The lowest BCUT2D eigenvalue weighted by atomic mass is 10.1. The smallest absolute Gasteiger partial charge is 0.340 e. The SMILES string of the molecule is CC(C)C(C)OC(=O)c1cc(F)c(F)c(S(=O)(=O)Cl)c1Cl. The molecule has 0 N–H and O–H groups in total. The topological polar surface area (TPSA) is 60.4 Å². The van der Waals surface area contributed by atoms with Crippen molar-refractivity contribution in [1.82, 2.24) is 0 Å². The first-order chi connectivity index (χ1) is 9.46. The summed E-state index contributed by atoms with van der Waals surface area (Å²) in [6, 6.07) is 0.471. The largest absolute Gasteiger partial charge is 0.459 e. The van der Waals surface area contributed by atoms with Crippen LogP contribution >= 0.6 is 22.3 Å². The maximum atomic E-state index is 13.5. The van der Waals surface area contributed by atoms with Gasteiger partial charge < -0.3 is 4.74 Å². The monoisotopic (exact) mass is 360 g/mol. The van der Waals surface area contributed by atoms with Crippen LogP contribution in [0.5, 0.6) is 0 Å². The Morgan fingerprint density at radius 3 is 2.24 bits per heavy atom. The molecule has 0 amide bonds. The lowest BCUT2D eigenvalue weighted by Gasteiger charge is -2.17. The molecule has 1 aromatic carbocycles. The fourth-order valence-electron chi connectivity index (χ4n) is 1.31. The normalized spacial score (nSPS) is 13.3. The molecular formula is C12H12Cl2F2O4S. The molecule has 0 aliphatic carbocycles. The molecule has 9 heteroatoms. The fraction of sp³-hybridized carbons (Fsp3) is 0.417. The number of hydrogen-bond donors (Lipinski definition) is 0. The molecule has 1 rings (SSSR count). The van der Waals surface area contributed by atoms with E-state index in [0.29, 0.717) is 6.07 Å². The molecule has 0 saturated heterocycles. The second kappa shape index (κ2) is 6.46. The van der Waals surface area contributed by atoms with E-state index in [-0.39, 0.29) is 5.92 Å². The minimum atomic E-state index is -4.67. The van der Waals surface area contributed by atoms with Gasteiger partial charge in [0.05, 0.1) is 10.6 Å². The highest BCUT2D eigenvalue weighted by atomic mass is 35.7. The molecule has 0 aromatic heterocycles. The Morgan fingerprint density at radius 2 is 1.81 bits per heavy atom. The summed E-state index contributed by atoms with van der Waals surface area (Å²) < 4.78 is 54.5. The summed E-state index contributed by atoms with van der Waals surface area (Å²) in [5.41, 5.74) is -0.609. The van der Waals surface area contributed by atoms with Gasteiger partial charge in [0.15, 0.2) is 11.6 Å². The second-order valence-corrected chi connectivity index (χ2v) is 7.54. The third-order valence-electron chi connectivity index (χ3n) is 2.81. The van der Waals surface area contributed by atoms with Crippen molar-refractivity contribution in [1.29, 1.82) is 0 Å². The van der Waals surface area contributed by atoms with E-state index in [1.54, 1.807) is 20.8 Å². The number of carbonyl (C=O) groups excluding carboxylic acids is 1. The van der Waals surface area contributed by atoms with E-state index >= 15 is 0 Å². The standard InChI is InChI=1S/C12H12Cl2F2O4S/c1-5(2)6(3)20-12(17)7-4-8(15)10(16)11(9(7)13)21(14,18)19/h4-6H,1-3H3. The zero-order valence-corrected chi connectivity index (χ0v) is 13.6. The Bertz CT molecular complexity index is 674. The first kappa shape index (κ1) is 18.1. The third kappa shape index (κ3) is 4.05. The quantitative estimate of drug-likeness (QED) is 0.466. The first-order valence-corrected chi connectivity index (χ1v) is 8.48. The van der Waals surface area contributed by atoms with Gasteiger partial charge in [0.1, 0.15) is 11.0 Å². The van der Waals surface area contributed by atoms with Gasteiger partial charge in [-0.15, -0.1) is 0 Å². The number of carbonyl (C=O) groups is 1. The van der Waals surface area contributed by atoms with Crippen LogP contribution < -0.4 is 0 Å². The van der Waals surface area contributed by atoms with Crippen molar-refractivity contribution in [2.45, 2.75) is 31.8 Å². The van der Waals surface area contributed by atoms with Crippen LogP contribution in [0.25, 0.3) is 0 Å². The van der Waals surface area contributed by atoms with Gasteiger partial charge in [0, 0.05) is 10.7 Å². The molecule has 118 valence electrons. The average molecular weight is 361 g/mol. The van der Waals surface area contributed by atoms with Gasteiger partial charge in [-0.05, 0) is 18.9 Å². The molecule has 0 radical (unpaired) electrons. The lowest BCUT2D eigenvalue weighted by molar-refractivity contribution is 0.0237. The van der Waals surface area contributed by atoms with Gasteiger partial charge in [-0.2, -0.15) is 0 Å². The number of rotatable bonds is 4. The van der Waals surface area contributed by atoms with Crippen molar-refractivity contribution in [3.05, 3.63) is 28.3 Å². The van der Waals surface area contributed by atoms with E-state index in [1.807, 2.05) is 0 Å². The number of esters is 1. The molecule has 4 nitrogen and oxygen atoms in total. The van der Waals surface area contributed by atoms with Crippen molar-refractivity contribution in [3.63, 3.8) is 0 Å². The minimum Gasteiger partial charge on any atom is -0.459 e. The average Bonchev–Trinajstić information content (AvgIpc) is 2.31. The number of hydrogen-bond acceptors (Lipinski definition) is 4. The highest BCUT2D eigenvalue weighted by molar-refractivity contribution is 8.13. The second-order valence-electron chi connectivity index (χ2n) is 4.66. The van der Waals surface area contributed by atoms with E-state index in [2.05, 4.69) is 0 Å². The molecule has 0 spiro atoms. The molecule has 0 aliphatic heterocycles. The van der Waals surface area contributed by atoms with Gasteiger partial charge in [-0.1, -0.05) is 25.4 Å². The molecule has 21 heavy (non-hydrogen) atoms. The van der Waals surface area contributed by atoms with Gasteiger partial charge >= 0.3 is 5.97 Å². The molecular weight excluding hydrogens is 349 g/mol. The summed E-state index contributed by atoms with van der Waals surface area (Å²) in [5.74, 6) is -4.41. The van der Waals surface area contributed by atoms with Gasteiger partial charge in [0.25, 0.3) is 9.05 Å². The predicted octanol–water partition coefficient (Wildman–Crippen LogP) is 3.75. The van der Waals surface area contributed by atoms with E-state index in [0.717, 1.165) is 0 Å². The fourth-order valence-corrected chi connectivity index (χ4v) is 3.02. The van der Waals surface area contributed by atoms with E-state index in [4.69, 9.17) is 27.0 Å². The molecule has 0 aliphatic rings. The predicted molar refractivity (Wildman–Crippen MR) is 74.1 cm³/mol. The molecule has 0 bridgehead atoms. The van der Waals surface area contributed by atoms with Gasteiger partial charge in [-0.3, -0.25) is 0 Å². The maximum Gasteiger partial charge on any atom is 0.340 e. The van der Waals surface area contributed by atoms with Crippen LogP contribution in [0.2, 0.25) is 5.02 Å². The summed E-state index contributed by atoms with van der Waals surface area (Å²) in [6.45, 7) is 5.15. The zero-order valence-electron chi connectivity index (χ0n) is 11.3. The summed E-state index contributed by atoms with van der Waals surface area (Å²) in [7, 11) is 0.333. The highest BCUT2D eigenvalue weighted by Gasteiger charge is 2.30. The summed E-state index contributed by atoms with van der Waals surface area (Å²) in [5, 5.41) is -0.815. The van der Waals surface area contributed by atoms with Crippen LogP contribution in [-0.2, 0) is 13.8 Å². The van der Waals surface area contributed by atoms with Gasteiger partial charge in [-0.25, -0.2) is 22.0 Å². The lowest BCUT2D eigenvalue weighted by Crippen LogP contribution is -2.21. The van der Waals surface area contributed by atoms with Crippen LogP contribution in [-0.4, -0.2) is 20.5 Å². The Labute approximate surface area is 130 Å². The third-order valence-corrected chi connectivity index (χ3v) is 4.65. The molecule has 0 saturated carbocycles. The molecule has 0 heterocycles. The van der Waals surface area contributed by atoms with Crippen LogP contribution in [0.15, 0.2) is 11.0 Å². The van der Waals surface area contributed by atoms with Crippen molar-refractivity contribution in [3.8, 4) is 0 Å². The van der Waals surface area contributed by atoms with Crippen molar-refractivity contribution < 1.29 is 26.7 Å². The Morgan fingerprint density at radius 1 is 1.29 bits per heavy atom. The summed E-state index contributed by atoms with van der Waals surface area (Å²) in [4.78, 5) is 10.6. The first-order valence-electron chi connectivity index (χ1n) is 5.80. The maximum absolute atomic E-state index is 13.5. The number of benzene rings is 1. The van der Waals surface area contributed by atoms with Crippen LogP contribution in [0, 0.1) is 17.6 Å². The Kier molecular flexibility index (Phi) is 5.57. The van der Waals surface area contributed by atoms with Crippen molar-refractivity contribution in [2.75, 3.05) is 0 Å². The van der Waals surface area contributed by atoms with Crippen molar-refractivity contribution >= 4 is 37.3 Å². The highest BCUT2D eigenvalue weighted by Crippen LogP contribution is 2.33. The minimum absolute atomic E-state index is 0.0331. The summed E-state index contributed by atoms with van der Waals surface area (Å²) >= 11 is 5.66. The van der Waals surface area contributed by atoms with E-state index in [9.17, 15) is 22.0 Å². The van der Waals surface area contributed by atoms with Crippen LogP contribution in [0.1, 0.15) is 31.1 Å². The Hall–Kier alpha value is -0.920.